The van der Waals surface area contributed by atoms with Gasteiger partial charge in [-0.25, -0.2) is 4.39 Å². The quantitative estimate of drug-likeness (QED) is 0.776. The van der Waals surface area contributed by atoms with Gasteiger partial charge in [-0.1, -0.05) is 0 Å². The highest BCUT2D eigenvalue weighted by molar-refractivity contribution is 5.83. The molecule has 0 aliphatic heterocycles. The Bertz CT molecular complexity index is 857. The summed E-state index contributed by atoms with van der Waals surface area (Å²) >= 11 is 0. The first-order chi connectivity index (χ1) is 11.2. The van der Waals surface area contributed by atoms with Gasteiger partial charge in [0.25, 0.3) is 0 Å². The monoisotopic (exact) mass is 309 g/mol. The number of hydrogen-bond acceptors (Lipinski definition) is 4. The number of nitrogens with zero attached hydrogens (tertiary/aromatic N) is 3. The van der Waals surface area contributed by atoms with E-state index in [1.807, 2.05) is 19.1 Å². The van der Waals surface area contributed by atoms with Gasteiger partial charge in [0.05, 0.1) is 5.69 Å². The number of aryl methyl sites for hydroxylation is 1. The zero-order valence-corrected chi connectivity index (χ0v) is 12.7. The maximum absolute atomic E-state index is 14.5. The standard InChI is InChI=1S/C17H16FN5/c1-10-20-17(23-22-10)21-16-13-4-2-3-12(13)15(18)9-14(16)11-5-7-19-8-6-11/h5-9H,2-4H2,1H3,(H2,20,21,22,23). The maximum atomic E-state index is 14.5. The second-order valence-corrected chi connectivity index (χ2v) is 5.70. The number of nitrogens with one attached hydrogen (secondary N) is 2. The van der Waals surface area contributed by atoms with Crippen molar-refractivity contribution in [2.75, 3.05) is 5.32 Å². The Hall–Kier alpha value is -2.76. The Kier molecular flexibility index (Phi) is 3.29. The molecule has 23 heavy (non-hydrogen) atoms. The lowest BCUT2D eigenvalue weighted by Crippen LogP contribution is -2.02. The molecule has 2 heterocycles. The van der Waals surface area contributed by atoms with Crippen LogP contribution in [0.25, 0.3) is 11.1 Å². The molecule has 4 rings (SSSR count). The SMILES string of the molecule is Cc1nc(Nc2c(-c3ccncc3)cc(F)c3c2CCC3)n[nH]1. The highest BCUT2D eigenvalue weighted by atomic mass is 19.1. The van der Waals surface area contributed by atoms with Crippen molar-refractivity contribution in [1.29, 1.82) is 0 Å². The summed E-state index contributed by atoms with van der Waals surface area (Å²) in [4.78, 5) is 8.34. The summed E-state index contributed by atoms with van der Waals surface area (Å²) in [5, 5.41) is 10.2. The summed E-state index contributed by atoms with van der Waals surface area (Å²) in [5.74, 6) is 1.09. The van der Waals surface area contributed by atoms with Crippen molar-refractivity contribution in [1.82, 2.24) is 20.2 Å². The van der Waals surface area contributed by atoms with E-state index in [1.165, 1.54) is 0 Å². The van der Waals surface area contributed by atoms with Gasteiger partial charge in [-0.2, -0.15) is 4.98 Å². The zero-order valence-electron chi connectivity index (χ0n) is 12.7. The molecule has 1 aromatic carbocycles. The van der Waals surface area contributed by atoms with Crippen LogP contribution in [-0.2, 0) is 12.8 Å². The molecule has 0 bridgehead atoms. The molecule has 0 saturated heterocycles. The number of aromatic nitrogens is 4. The first-order valence-electron chi connectivity index (χ1n) is 7.63. The molecule has 0 fully saturated rings. The third-order valence-corrected chi connectivity index (χ3v) is 4.17. The molecular formula is C17H16FN5. The molecule has 5 nitrogen and oxygen atoms in total. The van der Waals surface area contributed by atoms with E-state index in [4.69, 9.17) is 0 Å². The van der Waals surface area contributed by atoms with E-state index in [9.17, 15) is 4.39 Å². The summed E-state index contributed by atoms with van der Waals surface area (Å²) in [6.07, 6.45) is 6.02. The first kappa shape index (κ1) is 13.9. The van der Waals surface area contributed by atoms with E-state index in [2.05, 4.69) is 25.5 Å². The van der Waals surface area contributed by atoms with Crippen LogP contribution in [0, 0.1) is 12.7 Å². The minimum Gasteiger partial charge on any atom is -0.322 e. The van der Waals surface area contributed by atoms with Crippen LogP contribution in [0.15, 0.2) is 30.6 Å². The van der Waals surface area contributed by atoms with Crippen LogP contribution in [0.3, 0.4) is 0 Å². The minimum atomic E-state index is -0.138. The molecule has 1 aliphatic carbocycles. The van der Waals surface area contributed by atoms with Gasteiger partial charge in [-0.05, 0) is 61.1 Å². The van der Waals surface area contributed by atoms with Crippen molar-refractivity contribution in [3.8, 4) is 11.1 Å². The number of benzene rings is 1. The molecule has 1 aliphatic rings. The fourth-order valence-corrected chi connectivity index (χ4v) is 3.14. The highest BCUT2D eigenvalue weighted by Crippen LogP contribution is 2.40. The van der Waals surface area contributed by atoms with Crippen LogP contribution in [0.5, 0.6) is 0 Å². The molecule has 6 heteroatoms. The van der Waals surface area contributed by atoms with Crippen LogP contribution in [-0.4, -0.2) is 20.2 Å². The smallest absolute Gasteiger partial charge is 0.246 e. The summed E-state index contributed by atoms with van der Waals surface area (Å²) in [5.41, 5.74) is 4.46. The maximum Gasteiger partial charge on any atom is 0.246 e. The lowest BCUT2D eigenvalue weighted by molar-refractivity contribution is 0.613. The number of H-pyrrole nitrogens is 1. The van der Waals surface area contributed by atoms with Gasteiger partial charge in [0.15, 0.2) is 0 Å². The van der Waals surface area contributed by atoms with E-state index in [1.54, 1.807) is 18.5 Å². The average Bonchev–Trinajstić information content (AvgIpc) is 3.20. The predicted octanol–water partition coefficient (Wildman–Crippen LogP) is 3.55. The molecule has 2 aromatic heterocycles. The van der Waals surface area contributed by atoms with E-state index in [0.29, 0.717) is 5.95 Å². The molecule has 0 saturated carbocycles. The van der Waals surface area contributed by atoms with Gasteiger partial charge in [0.2, 0.25) is 5.95 Å². The Labute approximate surface area is 133 Å². The van der Waals surface area contributed by atoms with E-state index in [-0.39, 0.29) is 5.82 Å². The lowest BCUT2D eigenvalue weighted by atomic mass is 9.97. The Morgan fingerprint density at radius 1 is 1.17 bits per heavy atom. The van der Waals surface area contributed by atoms with Crippen LogP contribution in [0.2, 0.25) is 0 Å². The molecule has 116 valence electrons. The van der Waals surface area contributed by atoms with Gasteiger partial charge in [0, 0.05) is 18.0 Å². The van der Waals surface area contributed by atoms with Gasteiger partial charge >= 0.3 is 0 Å². The summed E-state index contributed by atoms with van der Waals surface area (Å²) < 4.78 is 14.5. The molecule has 0 spiro atoms. The largest absolute Gasteiger partial charge is 0.322 e. The van der Waals surface area contributed by atoms with Gasteiger partial charge < -0.3 is 5.32 Å². The van der Waals surface area contributed by atoms with Crippen LogP contribution in [0.1, 0.15) is 23.4 Å². The van der Waals surface area contributed by atoms with Crippen molar-refractivity contribution < 1.29 is 4.39 Å². The number of fused-ring (bicyclic) bond motifs is 1. The highest BCUT2D eigenvalue weighted by Gasteiger charge is 2.23. The molecule has 0 radical (unpaired) electrons. The number of aromatic amines is 1. The van der Waals surface area contributed by atoms with Crippen LogP contribution < -0.4 is 5.32 Å². The molecular weight excluding hydrogens is 293 g/mol. The second-order valence-electron chi connectivity index (χ2n) is 5.70. The molecule has 2 N–H and O–H groups in total. The predicted molar refractivity (Wildman–Crippen MR) is 86.1 cm³/mol. The van der Waals surface area contributed by atoms with Gasteiger partial charge in [0.1, 0.15) is 11.6 Å². The van der Waals surface area contributed by atoms with E-state index in [0.717, 1.165) is 53.0 Å². The fraction of sp³-hybridized carbons (Fsp3) is 0.235. The summed E-state index contributed by atoms with van der Waals surface area (Å²) in [6, 6.07) is 5.36. The van der Waals surface area contributed by atoms with E-state index < -0.39 is 0 Å². The van der Waals surface area contributed by atoms with Crippen molar-refractivity contribution in [2.24, 2.45) is 0 Å². The summed E-state index contributed by atoms with van der Waals surface area (Å²) in [6.45, 7) is 1.84. The minimum absolute atomic E-state index is 0.138. The molecule has 0 amide bonds. The fourth-order valence-electron chi connectivity index (χ4n) is 3.14. The summed E-state index contributed by atoms with van der Waals surface area (Å²) in [7, 11) is 0. The number of hydrogen-bond donors (Lipinski definition) is 2. The van der Waals surface area contributed by atoms with Crippen molar-refractivity contribution in [2.45, 2.75) is 26.2 Å². The third-order valence-electron chi connectivity index (χ3n) is 4.17. The van der Waals surface area contributed by atoms with Gasteiger partial charge in [-0.3, -0.25) is 10.1 Å². The Balaban J connectivity index is 1.89. The lowest BCUT2D eigenvalue weighted by Gasteiger charge is -2.16. The topological polar surface area (TPSA) is 66.5 Å². The number of rotatable bonds is 3. The number of pyridine rings is 1. The number of anilines is 2. The Morgan fingerprint density at radius 3 is 2.70 bits per heavy atom. The van der Waals surface area contributed by atoms with Crippen molar-refractivity contribution >= 4 is 11.6 Å². The molecule has 3 aromatic rings. The number of halogens is 1. The van der Waals surface area contributed by atoms with Gasteiger partial charge in [-0.15, -0.1) is 5.10 Å². The van der Waals surface area contributed by atoms with Crippen molar-refractivity contribution in [3.63, 3.8) is 0 Å². The second kappa shape index (κ2) is 5.46. The molecule has 0 unspecified atom stereocenters. The van der Waals surface area contributed by atoms with Crippen molar-refractivity contribution in [3.05, 3.63) is 53.4 Å². The Morgan fingerprint density at radius 2 is 1.96 bits per heavy atom. The van der Waals surface area contributed by atoms with E-state index >= 15 is 0 Å². The zero-order chi connectivity index (χ0) is 15.8. The third kappa shape index (κ3) is 2.46. The van der Waals surface area contributed by atoms with Crippen LogP contribution in [0.4, 0.5) is 16.0 Å². The first-order valence-corrected chi connectivity index (χ1v) is 7.63. The average molecular weight is 309 g/mol. The normalized spacial score (nSPS) is 13.1. The molecule has 0 atom stereocenters. The van der Waals surface area contributed by atoms with Crippen LogP contribution >= 0.6 is 0 Å².